The third-order valence-electron chi connectivity index (χ3n) is 2.51. The van der Waals surface area contributed by atoms with Gasteiger partial charge in [-0.2, -0.15) is 0 Å². The molecule has 0 aliphatic heterocycles. The van der Waals surface area contributed by atoms with Crippen LogP contribution >= 0.6 is 11.3 Å². The van der Waals surface area contributed by atoms with E-state index in [2.05, 4.69) is 9.44 Å². The number of benzene rings is 1. The van der Waals surface area contributed by atoms with E-state index in [1.807, 2.05) is 0 Å². The fraction of sp³-hybridized carbons (Fsp3) is 0.167. The van der Waals surface area contributed by atoms with Gasteiger partial charge in [0.05, 0.1) is 24.7 Å². The Hall–Kier alpha value is -1.78. The van der Waals surface area contributed by atoms with E-state index in [1.54, 1.807) is 11.4 Å². The summed E-state index contributed by atoms with van der Waals surface area (Å²) < 4.78 is 56.7. The van der Waals surface area contributed by atoms with E-state index >= 15 is 0 Å². The molecule has 0 unspecified atom stereocenters. The SMILES string of the molecule is COc1cc(NS(=O)(=O)c2cccs2)ccc1NS(C)(=O)=O. The van der Waals surface area contributed by atoms with E-state index in [4.69, 9.17) is 4.74 Å². The number of thiophene rings is 1. The van der Waals surface area contributed by atoms with Gasteiger partial charge in [-0.05, 0) is 23.6 Å². The van der Waals surface area contributed by atoms with E-state index in [1.165, 1.54) is 31.4 Å². The molecule has 7 nitrogen and oxygen atoms in total. The van der Waals surface area contributed by atoms with Crippen molar-refractivity contribution in [2.24, 2.45) is 0 Å². The quantitative estimate of drug-likeness (QED) is 0.817. The zero-order valence-corrected chi connectivity index (χ0v) is 14.2. The highest BCUT2D eigenvalue weighted by Crippen LogP contribution is 2.30. The number of anilines is 2. The van der Waals surface area contributed by atoms with Crippen LogP contribution in [-0.4, -0.2) is 30.2 Å². The molecule has 120 valence electrons. The van der Waals surface area contributed by atoms with Crippen LogP contribution < -0.4 is 14.2 Å². The number of methoxy groups -OCH3 is 1. The first kappa shape index (κ1) is 16.6. The van der Waals surface area contributed by atoms with E-state index in [-0.39, 0.29) is 21.3 Å². The van der Waals surface area contributed by atoms with E-state index < -0.39 is 20.0 Å². The fourth-order valence-electron chi connectivity index (χ4n) is 1.66. The van der Waals surface area contributed by atoms with Crippen LogP contribution in [0.25, 0.3) is 0 Å². The zero-order chi connectivity index (χ0) is 16.4. The summed E-state index contributed by atoms with van der Waals surface area (Å²) in [5, 5.41) is 1.66. The molecule has 2 N–H and O–H groups in total. The molecule has 2 aromatic rings. The van der Waals surface area contributed by atoms with Gasteiger partial charge >= 0.3 is 0 Å². The van der Waals surface area contributed by atoms with Crippen LogP contribution in [0.1, 0.15) is 0 Å². The topological polar surface area (TPSA) is 102 Å². The average Bonchev–Trinajstić information content (AvgIpc) is 2.93. The Labute approximate surface area is 133 Å². The highest BCUT2D eigenvalue weighted by Gasteiger charge is 2.16. The molecule has 1 heterocycles. The fourth-order valence-corrected chi connectivity index (χ4v) is 4.27. The molecule has 0 saturated carbocycles. The molecule has 0 spiro atoms. The van der Waals surface area contributed by atoms with Gasteiger partial charge < -0.3 is 4.74 Å². The maximum atomic E-state index is 12.1. The Morgan fingerprint density at radius 2 is 1.82 bits per heavy atom. The lowest BCUT2D eigenvalue weighted by Gasteiger charge is -2.12. The van der Waals surface area contributed by atoms with Gasteiger partial charge in [-0.1, -0.05) is 6.07 Å². The first-order chi connectivity index (χ1) is 10.2. The van der Waals surface area contributed by atoms with Crippen LogP contribution in [0.4, 0.5) is 11.4 Å². The molecular formula is C12H14N2O5S3. The number of nitrogens with one attached hydrogen (secondary N) is 2. The van der Waals surface area contributed by atoms with Crippen molar-refractivity contribution >= 4 is 42.8 Å². The Bertz CT molecular complexity index is 858. The molecule has 0 bridgehead atoms. The molecule has 2 rings (SSSR count). The molecule has 10 heteroatoms. The summed E-state index contributed by atoms with van der Waals surface area (Å²) in [6, 6.07) is 7.40. The minimum absolute atomic E-state index is 0.185. The number of ether oxygens (including phenoxy) is 1. The Morgan fingerprint density at radius 1 is 1.09 bits per heavy atom. The first-order valence-corrected chi connectivity index (χ1v) is 10.2. The predicted octanol–water partition coefficient (Wildman–Crippen LogP) is 1.93. The van der Waals surface area contributed by atoms with Crippen molar-refractivity contribution < 1.29 is 21.6 Å². The van der Waals surface area contributed by atoms with Crippen molar-refractivity contribution in [3.8, 4) is 5.75 Å². The molecule has 0 atom stereocenters. The standard InChI is InChI=1S/C12H14N2O5S3/c1-19-11-8-9(5-6-10(11)14-21(2,15)16)13-22(17,18)12-4-3-7-20-12/h3-8,13-14H,1-2H3. The number of rotatable bonds is 6. The van der Waals surface area contributed by atoms with E-state index in [0.29, 0.717) is 0 Å². The second-order valence-electron chi connectivity index (χ2n) is 4.33. The molecule has 0 fully saturated rings. The largest absolute Gasteiger partial charge is 0.494 e. The summed E-state index contributed by atoms with van der Waals surface area (Å²) in [6.07, 6.45) is 1.01. The van der Waals surface area contributed by atoms with Gasteiger partial charge in [0.25, 0.3) is 10.0 Å². The monoisotopic (exact) mass is 362 g/mol. The second-order valence-corrected chi connectivity index (χ2v) is 8.93. The average molecular weight is 362 g/mol. The minimum Gasteiger partial charge on any atom is -0.494 e. The van der Waals surface area contributed by atoms with Crippen molar-refractivity contribution in [1.29, 1.82) is 0 Å². The third-order valence-corrected chi connectivity index (χ3v) is 5.88. The maximum Gasteiger partial charge on any atom is 0.271 e. The molecule has 1 aromatic heterocycles. The van der Waals surface area contributed by atoms with Crippen LogP contribution in [0.15, 0.2) is 39.9 Å². The predicted molar refractivity (Wildman–Crippen MR) is 86.6 cm³/mol. The van der Waals surface area contributed by atoms with Gasteiger partial charge in [0.1, 0.15) is 9.96 Å². The van der Waals surface area contributed by atoms with Crippen LogP contribution in [-0.2, 0) is 20.0 Å². The summed E-state index contributed by atoms with van der Waals surface area (Å²) in [5.74, 6) is 0.205. The third kappa shape index (κ3) is 4.12. The number of sulfonamides is 2. The molecule has 0 radical (unpaired) electrons. The maximum absolute atomic E-state index is 12.1. The summed E-state index contributed by atoms with van der Waals surface area (Å²) in [4.78, 5) is 0. The van der Waals surface area contributed by atoms with Gasteiger partial charge in [0.2, 0.25) is 10.0 Å². The van der Waals surface area contributed by atoms with Crippen LogP contribution in [0, 0.1) is 0 Å². The van der Waals surface area contributed by atoms with E-state index in [9.17, 15) is 16.8 Å². The molecule has 0 aliphatic carbocycles. The summed E-state index contributed by atoms with van der Waals surface area (Å²) in [5.41, 5.74) is 0.494. The van der Waals surface area contributed by atoms with Gasteiger partial charge in [0, 0.05) is 6.07 Å². The number of hydrogen-bond donors (Lipinski definition) is 2. The summed E-state index contributed by atoms with van der Waals surface area (Å²) in [7, 11) is -5.77. The molecule has 22 heavy (non-hydrogen) atoms. The van der Waals surface area contributed by atoms with Crippen molar-refractivity contribution in [3.63, 3.8) is 0 Å². The molecule has 1 aromatic carbocycles. The Morgan fingerprint density at radius 3 is 2.36 bits per heavy atom. The van der Waals surface area contributed by atoms with E-state index in [0.717, 1.165) is 17.6 Å². The van der Waals surface area contributed by atoms with Crippen LogP contribution in [0.3, 0.4) is 0 Å². The van der Waals surface area contributed by atoms with Crippen LogP contribution in [0.2, 0.25) is 0 Å². The van der Waals surface area contributed by atoms with Crippen molar-refractivity contribution in [1.82, 2.24) is 0 Å². The Kier molecular flexibility index (Phi) is 4.63. The lowest BCUT2D eigenvalue weighted by molar-refractivity contribution is 0.417. The number of hydrogen-bond acceptors (Lipinski definition) is 6. The van der Waals surface area contributed by atoms with Crippen molar-refractivity contribution in [2.45, 2.75) is 4.21 Å². The normalized spacial score (nSPS) is 11.9. The van der Waals surface area contributed by atoms with Gasteiger partial charge in [-0.3, -0.25) is 9.44 Å². The first-order valence-electron chi connectivity index (χ1n) is 5.93. The summed E-state index contributed by atoms with van der Waals surface area (Å²) >= 11 is 1.10. The van der Waals surface area contributed by atoms with Crippen molar-refractivity contribution in [2.75, 3.05) is 22.8 Å². The summed E-state index contributed by atoms with van der Waals surface area (Å²) in [6.45, 7) is 0. The smallest absolute Gasteiger partial charge is 0.271 e. The highest BCUT2D eigenvalue weighted by atomic mass is 32.2. The van der Waals surface area contributed by atoms with Crippen molar-refractivity contribution in [3.05, 3.63) is 35.7 Å². The highest BCUT2D eigenvalue weighted by molar-refractivity contribution is 7.94. The Balaban J connectivity index is 2.31. The zero-order valence-electron chi connectivity index (χ0n) is 11.7. The van der Waals surface area contributed by atoms with Gasteiger partial charge in [-0.15, -0.1) is 11.3 Å². The molecule has 0 amide bonds. The van der Waals surface area contributed by atoms with Gasteiger partial charge in [0.15, 0.2) is 0 Å². The molecular weight excluding hydrogens is 348 g/mol. The lowest BCUT2D eigenvalue weighted by Crippen LogP contribution is -2.13. The molecule has 0 aliphatic rings. The van der Waals surface area contributed by atoms with Gasteiger partial charge in [-0.25, -0.2) is 16.8 Å². The van der Waals surface area contributed by atoms with Crippen LogP contribution in [0.5, 0.6) is 5.75 Å². The molecule has 0 saturated heterocycles. The minimum atomic E-state index is -3.67. The lowest BCUT2D eigenvalue weighted by atomic mass is 10.2. The second kappa shape index (κ2) is 6.15.